The Bertz CT molecular complexity index is 694. The summed E-state index contributed by atoms with van der Waals surface area (Å²) < 4.78 is 0. The molecule has 0 aliphatic heterocycles. The van der Waals surface area contributed by atoms with Gasteiger partial charge in [-0.05, 0) is 26.0 Å². The van der Waals surface area contributed by atoms with Gasteiger partial charge in [-0.1, -0.05) is 29.3 Å². The van der Waals surface area contributed by atoms with E-state index in [2.05, 4.69) is 18.5 Å². The maximum Gasteiger partial charge on any atom is 0.261 e. The van der Waals surface area contributed by atoms with Crippen LogP contribution in [0.3, 0.4) is 0 Å². The number of nitrogens with zero attached hydrogens (tertiary/aromatic N) is 1. The third-order valence-corrected chi connectivity index (χ3v) is 3.53. The second kappa shape index (κ2) is 9.65. The monoisotopic (exact) mass is 360 g/mol. The van der Waals surface area contributed by atoms with Crippen molar-refractivity contribution < 1.29 is 24.6 Å². The number of carbonyl (C=O) groups excluding carboxylic acids is 3. The molecule has 7 heteroatoms. The van der Waals surface area contributed by atoms with E-state index in [0.717, 1.165) is 16.0 Å². The quantitative estimate of drug-likeness (QED) is 0.585. The molecule has 0 fully saturated rings. The van der Waals surface area contributed by atoms with E-state index in [1.165, 1.54) is 12.2 Å². The lowest BCUT2D eigenvalue weighted by Crippen LogP contribution is -2.52. The van der Waals surface area contributed by atoms with E-state index < -0.39 is 29.9 Å². The molecule has 1 aromatic carbocycles. The number of hydrogen-bond donors (Lipinski definition) is 3. The predicted octanol–water partition coefficient (Wildman–Crippen LogP) is 0.482. The highest BCUT2D eigenvalue weighted by Crippen LogP contribution is 2.13. The van der Waals surface area contributed by atoms with Crippen LogP contribution in [-0.4, -0.2) is 58.1 Å². The van der Waals surface area contributed by atoms with Gasteiger partial charge in [0.25, 0.3) is 17.7 Å². The van der Waals surface area contributed by atoms with Crippen LogP contribution in [-0.2, 0) is 9.59 Å². The Labute approximate surface area is 152 Å². The van der Waals surface area contributed by atoms with Crippen molar-refractivity contribution in [2.24, 2.45) is 0 Å². The molecule has 0 bridgehead atoms. The number of hydrogen-bond acceptors (Lipinski definition) is 5. The number of aliphatic hydroxyl groups is 2. The van der Waals surface area contributed by atoms with Crippen molar-refractivity contribution in [2.75, 3.05) is 13.1 Å². The average molecular weight is 360 g/mol. The molecule has 26 heavy (non-hydrogen) atoms. The number of amides is 3. The summed E-state index contributed by atoms with van der Waals surface area (Å²) in [6, 6.07) is 5.09. The molecule has 0 aliphatic rings. The van der Waals surface area contributed by atoms with Crippen LogP contribution in [0.25, 0.3) is 0 Å². The summed E-state index contributed by atoms with van der Waals surface area (Å²) in [5.41, 5.74) is 1.93. The van der Waals surface area contributed by atoms with Gasteiger partial charge in [0.15, 0.2) is 12.2 Å². The summed E-state index contributed by atoms with van der Waals surface area (Å²) in [6.07, 6.45) is -1.40. The lowest BCUT2D eigenvalue weighted by molar-refractivity contribution is -0.150. The molecule has 0 unspecified atom stereocenters. The van der Waals surface area contributed by atoms with Crippen LogP contribution in [0.5, 0.6) is 0 Å². The van der Waals surface area contributed by atoms with Crippen molar-refractivity contribution in [1.82, 2.24) is 10.2 Å². The fourth-order valence-electron chi connectivity index (χ4n) is 2.37. The van der Waals surface area contributed by atoms with Crippen molar-refractivity contribution in [3.05, 3.63) is 60.2 Å². The normalized spacial score (nSPS) is 12.6. The molecule has 1 rings (SSSR count). The molecule has 0 aliphatic carbocycles. The van der Waals surface area contributed by atoms with Gasteiger partial charge in [-0.15, -0.1) is 13.2 Å². The summed E-state index contributed by atoms with van der Waals surface area (Å²) in [5.74, 6) is -2.68. The van der Waals surface area contributed by atoms with Crippen LogP contribution in [0.2, 0.25) is 0 Å². The average Bonchev–Trinajstić information content (AvgIpc) is 2.60. The molecule has 1 aromatic rings. The zero-order valence-corrected chi connectivity index (χ0v) is 14.9. The van der Waals surface area contributed by atoms with E-state index in [4.69, 9.17) is 0 Å². The Morgan fingerprint density at radius 1 is 1.08 bits per heavy atom. The number of aryl methyl sites for hydroxylation is 2. The van der Waals surface area contributed by atoms with Crippen molar-refractivity contribution in [3.8, 4) is 0 Å². The maximum absolute atomic E-state index is 12.7. The van der Waals surface area contributed by atoms with Gasteiger partial charge in [-0.25, -0.2) is 0 Å². The minimum absolute atomic E-state index is 0.0642. The van der Waals surface area contributed by atoms with E-state index in [9.17, 15) is 24.6 Å². The minimum Gasteiger partial charge on any atom is -0.380 e. The molecular weight excluding hydrogens is 336 g/mol. The third-order valence-electron chi connectivity index (χ3n) is 3.53. The van der Waals surface area contributed by atoms with Gasteiger partial charge >= 0.3 is 0 Å². The zero-order valence-electron chi connectivity index (χ0n) is 14.9. The molecule has 0 spiro atoms. The minimum atomic E-state index is -2.09. The summed E-state index contributed by atoms with van der Waals surface area (Å²) in [4.78, 5) is 37.6. The maximum atomic E-state index is 12.7. The number of benzene rings is 1. The molecule has 3 N–H and O–H groups in total. The van der Waals surface area contributed by atoms with Gasteiger partial charge in [0.05, 0.1) is 0 Å². The lowest BCUT2D eigenvalue weighted by Gasteiger charge is -2.24. The van der Waals surface area contributed by atoms with Crippen LogP contribution in [0.1, 0.15) is 21.5 Å². The topological polar surface area (TPSA) is 107 Å². The van der Waals surface area contributed by atoms with Gasteiger partial charge in [0.2, 0.25) is 0 Å². The van der Waals surface area contributed by atoms with E-state index >= 15 is 0 Å². The van der Waals surface area contributed by atoms with E-state index in [-0.39, 0.29) is 18.7 Å². The molecule has 7 nitrogen and oxygen atoms in total. The molecule has 0 radical (unpaired) electrons. The lowest BCUT2D eigenvalue weighted by atomic mass is 10.1. The van der Waals surface area contributed by atoms with Crippen LogP contribution in [0.4, 0.5) is 0 Å². The van der Waals surface area contributed by atoms with Crippen molar-refractivity contribution >= 4 is 17.7 Å². The largest absolute Gasteiger partial charge is 0.380 e. The van der Waals surface area contributed by atoms with Gasteiger partial charge in [-0.2, -0.15) is 0 Å². The molecule has 0 heterocycles. The molecule has 140 valence electrons. The molecule has 0 saturated carbocycles. The third kappa shape index (κ3) is 5.37. The Morgan fingerprint density at radius 3 is 2.15 bits per heavy atom. The number of imide groups is 1. The van der Waals surface area contributed by atoms with E-state index in [0.29, 0.717) is 0 Å². The van der Waals surface area contributed by atoms with Gasteiger partial charge in [0, 0.05) is 18.7 Å². The highest BCUT2D eigenvalue weighted by atomic mass is 16.3. The number of carbonyl (C=O) groups is 3. The summed E-state index contributed by atoms with van der Waals surface area (Å²) >= 11 is 0. The van der Waals surface area contributed by atoms with E-state index in [1.807, 2.05) is 19.9 Å². The summed E-state index contributed by atoms with van der Waals surface area (Å²) in [5, 5.41) is 22.2. The SMILES string of the molecule is C=CCNC(=O)[C@H](O)[C@@H](O)C(=O)N(CC=C)C(=O)c1cc(C)cc(C)c1. The Kier molecular flexibility index (Phi) is 7.89. The number of aliphatic hydroxyl groups excluding tert-OH is 2. The highest BCUT2D eigenvalue weighted by Gasteiger charge is 2.35. The Balaban J connectivity index is 3.05. The highest BCUT2D eigenvalue weighted by molar-refractivity contribution is 6.07. The Morgan fingerprint density at radius 2 is 1.65 bits per heavy atom. The molecule has 0 aromatic heterocycles. The fraction of sp³-hybridized carbons (Fsp3) is 0.316. The molecule has 0 saturated heterocycles. The van der Waals surface area contributed by atoms with Gasteiger partial charge in [-0.3, -0.25) is 19.3 Å². The standard InChI is InChI=1S/C19H24N2O5/c1-5-7-20-17(24)15(22)16(23)19(26)21(8-6-2)18(25)14-10-12(3)9-13(4)11-14/h5-6,9-11,15-16,22-23H,1-2,7-8H2,3-4H3,(H,20,24)/t15-,16-/m1/s1. The van der Waals surface area contributed by atoms with Crippen LogP contribution >= 0.6 is 0 Å². The predicted molar refractivity (Wildman–Crippen MR) is 97.4 cm³/mol. The summed E-state index contributed by atoms with van der Waals surface area (Å²) in [7, 11) is 0. The second-order valence-electron chi connectivity index (χ2n) is 5.84. The Hall–Kier alpha value is -2.77. The van der Waals surface area contributed by atoms with Crippen molar-refractivity contribution in [3.63, 3.8) is 0 Å². The molecule has 3 amide bonds. The molecule has 2 atom stereocenters. The van der Waals surface area contributed by atoms with Gasteiger partial charge in [0.1, 0.15) is 0 Å². The first kappa shape index (κ1) is 21.3. The number of rotatable bonds is 8. The van der Waals surface area contributed by atoms with Crippen molar-refractivity contribution in [2.45, 2.75) is 26.1 Å². The molecular formula is C19H24N2O5. The number of nitrogens with one attached hydrogen (secondary N) is 1. The van der Waals surface area contributed by atoms with Gasteiger partial charge < -0.3 is 15.5 Å². The first-order valence-electron chi connectivity index (χ1n) is 8.02. The second-order valence-corrected chi connectivity index (χ2v) is 5.84. The smallest absolute Gasteiger partial charge is 0.261 e. The first-order valence-corrected chi connectivity index (χ1v) is 8.02. The summed E-state index contributed by atoms with van der Waals surface area (Å²) in [6.45, 7) is 10.4. The van der Waals surface area contributed by atoms with Crippen LogP contribution in [0.15, 0.2) is 43.5 Å². The van der Waals surface area contributed by atoms with Crippen molar-refractivity contribution in [1.29, 1.82) is 0 Å². The van der Waals surface area contributed by atoms with Crippen LogP contribution in [0, 0.1) is 13.8 Å². The zero-order chi connectivity index (χ0) is 19.9. The van der Waals surface area contributed by atoms with E-state index in [1.54, 1.807) is 12.1 Å². The fourth-order valence-corrected chi connectivity index (χ4v) is 2.37. The van der Waals surface area contributed by atoms with Crippen LogP contribution < -0.4 is 5.32 Å². The first-order chi connectivity index (χ1) is 12.2.